The zero-order chi connectivity index (χ0) is 19.6. The minimum absolute atomic E-state index is 0.593. The van der Waals surface area contributed by atoms with E-state index in [1.54, 1.807) is 4.68 Å². The zero-order valence-electron chi connectivity index (χ0n) is 16.4. The van der Waals surface area contributed by atoms with Gasteiger partial charge in [0.1, 0.15) is 5.82 Å². The lowest BCUT2D eigenvalue weighted by molar-refractivity contribution is 0.442. The van der Waals surface area contributed by atoms with Crippen LogP contribution in [-0.2, 0) is 7.05 Å². The Morgan fingerprint density at radius 3 is 2.66 bits per heavy atom. The molecule has 0 unspecified atom stereocenters. The fourth-order valence-electron chi connectivity index (χ4n) is 4.04. The molecule has 4 heterocycles. The first kappa shape index (κ1) is 17.7. The van der Waals surface area contributed by atoms with Crippen molar-refractivity contribution in [2.75, 3.05) is 5.32 Å². The molecule has 5 rings (SSSR count). The second-order valence-electron chi connectivity index (χ2n) is 7.70. The number of nitrogens with one attached hydrogen (secondary N) is 1. The van der Waals surface area contributed by atoms with Gasteiger partial charge in [0.25, 0.3) is 0 Å². The van der Waals surface area contributed by atoms with Crippen LogP contribution in [0.25, 0.3) is 22.2 Å². The van der Waals surface area contributed by atoms with E-state index >= 15 is 0 Å². The lowest BCUT2D eigenvalue weighted by Gasteiger charge is -2.21. The normalized spacial score (nSPS) is 14.9. The van der Waals surface area contributed by atoms with Crippen molar-refractivity contribution in [3.8, 4) is 11.1 Å². The highest BCUT2D eigenvalue weighted by Gasteiger charge is 2.16. The molecule has 1 fully saturated rings. The van der Waals surface area contributed by atoms with Gasteiger partial charge in [-0.25, -0.2) is 4.98 Å². The van der Waals surface area contributed by atoms with Crippen LogP contribution in [-0.4, -0.2) is 29.9 Å². The molecular weight excluding hydrogens is 362 g/mol. The molecule has 1 saturated carbocycles. The van der Waals surface area contributed by atoms with Crippen molar-refractivity contribution >= 4 is 22.7 Å². The molecule has 0 amide bonds. The predicted molar refractivity (Wildman–Crippen MR) is 113 cm³/mol. The molecule has 4 aromatic heterocycles. The summed E-state index contributed by atoms with van der Waals surface area (Å²) in [5, 5.41) is 16.0. The first-order valence-corrected chi connectivity index (χ1v) is 10.1. The number of anilines is 2. The van der Waals surface area contributed by atoms with Crippen molar-refractivity contribution < 1.29 is 0 Å². The van der Waals surface area contributed by atoms with Crippen LogP contribution in [0.4, 0.5) is 11.6 Å². The summed E-state index contributed by atoms with van der Waals surface area (Å²) in [6, 6.07) is 8.04. The van der Waals surface area contributed by atoms with Crippen molar-refractivity contribution in [2.45, 2.75) is 38.0 Å². The summed E-state index contributed by atoms with van der Waals surface area (Å²) in [6.07, 6.45) is 14.0. The van der Waals surface area contributed by atoms with Gasteiger partial charge in [0.2, 0.25) is 0 Å². The highest BCUT2D eigenvalue weighted by atomic mass is 15.2. The summed E-state index contributed by atoms with van der Waals surface area (Å²) in [4.78, 5) is 9.27. The molecule has 0 saturated heterocycles. The van der Waals surface area contributed by atoms with Crippen molar-refractivity contribution in [1.29, 1.82) is 0 Å². The van der Waals surface area contributed by atoms with Crippen molar-refractivity contribution in [2.24, 2.45) is 7.05 Å². The maximum absolute atomic E-state index is 4.74. The summed E-state index contributed by atoms with van der Waals surface area (Å²) in [7, 11) is 1.90. The monoisotopic (exact) mass is 385 g/mol. The SMILES string of the molecule is Cn1cc(-c2cnc3ccc(Nc4cc(C5CCCCC5)cnn4)nc3c2)cn1. The fraction of sp³-hybridized carbons (Fsp3) is 0.318. The second-order valence-corrected chi connectivity index (χ2v) is 7.70. The molecular formula is C22H23N7. The Morgan fingerprint density at radius 2 is 1.83 bits per heavy atom. The first-order chi connectivity index (χ1) is 14.2. The van der Waals surface area contributed by atoms with Gasteiger partial charge in [0.15, 0.2) is 5.82 Å². The summed E-state index contributed by atoms with van der Waals surface area (Å²) < 4.78 is 1.78. The summed E-state index contributed by atoms with van der Waals surface area (Å²) in [5.41, 5.74) is 4.96. The van der Waals surface area contributed by atoms with Crippen LogP contribution >= 0.6 is 0 Å². The Bertz CT molecular complexity index is 1140. The van der Waals surface area contributed by atoms with E-state index in [1.807, 2.05) is 50.0 Å². The Labute approximate surface area is 169 Å². The third kappa shape index (κ3) is 3.81. The molecule has 4 aromatic rings. The second kappa shape index (κ2) is 7.58. The molecule has 7 heteroatoms. The molecule has 1 aliphatic rings. The zero-order valence-corrected chi connectivity index (χ0v) is 16.4. The maximum Gasteiger partial charge on any atom is 0.154 e. The number of aromatic nitrogens is 6. The Balaban J connectivity index is 1.41. The third-order valence-corrected chi connectivity index (χ3v) is 5.58. The summed E-state index contributed by atoms with van der Waals surface area (Å²) in [6.45, 7) is 0. The van der Waals surface area contributed by atoms with E-state index in [0.717, 1.165) is 33.8 Å². The number of hydrogen-bond acceptors (Lipinski definition) is 6. The Hall–Kier alpha value is -3.35. The third-order valence-electron chi connectivity index (χ3n) is 5.58. The quantitative estimate of drug-likeness (QED) is 0.552. The molecule has 1 aliphatic carbocycles. The standard InChI is InChI=1S/C22H23N7/c1-29-14-18(13-25-29)16-9-20-19(23-11-16)7-8-21(26-20)27-22-10-17(12-24-28-22)15-5-3-2-4-6-15/h7-15H,2-6H2,1H3,(H,26,27,28). The molecule has 7 nitrogen and oxygen atoms in total. The number of pyridine rings is 2. The van der Waals surface area contributed by atoms with E-state index in [-0.39, 0.29) is 0 Å². The van der Waals surface area contributed by atoms with Gasteiger partial charge in [-0.15, -0.1) is 5.10 Å². The predicted octanol–water partition coefficient (Wildman–Crippen LogP) is 4.61. The van der Waals surface area contributed by atoms with Gasteiger partial charge >= 0.3 is 0 Å². The minimum atomic E-state index is 0.593. The van der Waals surface area contributed by atoms with E-state index in [9.17, 15) is 0 Å². The topological polar surface area (TPSA) is 81.4 Å². The lowest BCUT2D eigenvalue weighted by Crippen LogP contribution is -2.06. The maximum atomic E-state index is 4.74. The van der Waals surface area contributed by atoms with Gasteiger partial charge in [-0.3, -0.25) is 9.67 Å². The largest absolute Gasteiger partial charge is 0.323 e. The van der Waals surface area contributed by atoms with Crippen LogP contribution in [0, 0.1) is 0 Å². The molecule has 0 aromatic carbocycles. The van der Waals surface area contributed by atoms with Gasteiger partial charge < -0.3 is 5.32 Å². The van der Waals surface area contributed by atoms with Crippen molar-refractivity contribution in [3.05, 3.63) is 54.6 Å². The van der Waals surface area contributed by atoms with Gasteiger partial charge in [-0.05, 0) is 48.6 Å². The molecule has 0 aliphatic heterocycles. The van der Waals surface area contributed by atoms with Crippen molar-refractivity contribution in [1.82, 2.24) is 29.9 Å². The van der Waals surface area contributed by atoms with Crippen LogP contribution in [0.3, 0.4) is 0 Å². The Morgan fingerprint density at radius 1 is 0.931 bits per heavy atom. The molecule has 29 heavy (non-hydrogen) atoms. The summed E-state index contributed by atoms with van der Waals surface area (Å²) >= 11 is 0. The van der Waals surface area contributed by atoms with Crippen LogP contribution < -0.4 is 5.32 Å². The molecule has 1 N–H and O–H groups in total. The number of nitrogens with zero attached hydrogens (tertiary/aromatic N) is 6. The highest BCUT2D eigenvalue weighted by molar-refractivity contribution is 5.81. The van der Waals surface area contributed by atoms with Gasteiger partial charge in [-0.1, -0.05) is 19.3 Å². The lowest BCUT2D eigenvalue weighted by atomic mass is 9.85. The van der Waals surface area contributed by atoms with Gasteiger partial charge in [0, 0.05) is 30.6 Å². The van der Waals surface area contributed by atoms with E-state index in [4.69, 9.17) is 4.98 Å². The van der Waals surface area contributed by atoms with E-state index in [0.29, 0.717) is 5.92 Å². The van der Waals surface area contributed by atoms with Crippen LogP contribution in [0.1, 0.15) is 43.6 Å². The summed E-state index contributed by atoms with van der Waals surface area (Å²) in [5.74, 6) is 2.06. The number of fused-ring (bicyclic) bond motifs is 1. The molecule has 0 bridgehead atoms. The van der Waals surface area contributed by atoms with E-state index < -0.39 is 0 Å². The van der Waals surface area contributed by atoms with Gasteiger partial charge in [-0.2, -0.15) is 10.2 Å². The van der Waals surface area contributed by atoms with Crippen molar-refractivity contribution in [3.63, 3.8) is 0 Å². The van der Waals surface area contributed by atoms with Gasteiger partial charge in [0.05, 0.1) is 23.4 Å². The van der Waals surface area contributed by atoms with Crippen LogP contribution in [0.5, 0.6) is 0 Å². The minimum Gasteiger partial charge on any atom is -0.323 e. The number of aryl methyl sites for hydroxylation is 1. The van der Waals surface area contributed by atoms with E-state index in [1.165, 1.54) is 37.7 Å². The van der Waals surface area contributed by atoms with Crippen LogP contribution in [0.15, 0.2) is 49.1 Å². The average Bonchev–Trinajstić information content (AvgIpc) is 3.20. The number of rotatable bonds is 4. The molecule has 0 radical (unpaired) electrons. The highest BCUT2D eigenvalue weighted by Crippen LogP contribution is 2.33. The molecule has 0 atom stereocenters. The molecule has 146 valence electrons. The van der Waals surface area contributed by atoms with E-state index in [2.05, 4.69) is 31.7 Å². The van der Waals surface area contributed by atoms with Crippen LogP contribution in [0.2, 0.25) is 0 Å². The fourth-order valence-corrected chi connectivity index (χ4v) is 4.04. The Kier molecular flexibility index (Phi) is 4.63. The first-order valence-electron chi connectivity index (χ1n) is 10.1. The molecule has 0 spiro atoms. The number of hydrogen-bond donors (Lipinski definition) is 1. The smallest absolute Gasteiger partial charge is 0.154 e. The average molecular weight is 385 g/mol.